The molecule has 3 rings (SSSR count). The molecule has 0 spiro atoms. The highest BCUT2D eigenvalue weighted by atomic mass is 35.5. The Labute approximate surface area is 123 Å². The summed E-state index contributed by atoms with van der Waals surface area (Å²) < 4.78 is 5.81. The maximum Gasteiger partial charge on any atom is 0.227 e. The molecule has 0 atom stereocenters. The molecule has 0 aliphatic rings. The summed E-state index contributed by atoms with van der Waals surface area (Å²) in [6.45, 7) is 6.47. The molecular formula is C17H16ClNO. The lowest BCUT2D eigenvalue weighted by Gasteiger charge is -2.18. The van der Waals surface area contributed by atoms with E-state index in [1.807, 2.05) is 36.4 Å². The van der Waals surface area contributed by atoms with Gasteiger partial charge in [0.05, 0.1) is 5.02 Å². The summed E-state index contributed by atoms with van der Waals surface area (Å²) >= 11 is 6.34. The first kappa shape index (κ1) is 13.2. The minimum absolute atomic E-state index is 0.0314. The van der Waals surface area contributed by atoms with Gasteiger partial charge in [-0.15, -0.1) is 0 Å². The van der Waals surface area contributed by atoms with Gasteiger partial charge in [-0.2, -0.15) is 0 Å². The van der Waals surface area contributed by atoms with Crippen molar-refractivity contribution in [3.8, 4) is 11.5 Å². The summed E-state index contributed by atoms with van der Waals surface area (Å²) in [7, 11) is 0. The molecular weight excluding hydrogens is 270 g/mol. The molecule has 1 aromatic heterocycles. The van der Waals surface area contributed by atoms with Crippen LogP contribution in [0.5, 0.6) is 0 Å². The maximum atomic E-state index is 6.34. The highest BCUT2D eigenvalue weighted by Crippen LogP contribution is 2.34. The first-order chi connectivity index (χ1) is 9.45. The largest absolute Gasteiger partial charge is 0.435 e. The van der Waals surface area contributed by atoms with Crippen molar-refractivity contribution in [3.05, 3.63) is 53.1 Å². The predicted octanol–water partition coefficient (Wildman–Crippen LogP) is 5.45. The molecule has 0 aliphatic carbocycles. The number of benzene rings is 2. The summed E-state index contributed by atoms with van der Waals surface area (Å²) in [5, 5.41) is 0.613. The van der Waals surface area contributed by atoms with E-state index in [4.69, 9.17) is 16.0 Å². The van der Waals surface area contributed by atoms with E-state index in [0.717, 1.165) is 16.6 Å². The van der Waals surface area contributed by atoms with Crippen LogP contribution >= 0.6 is 11.6 Å². The van der Waals surface area contributed by atoms with E-state index in [9.17, 15) is 0 Å². The molecule has 0 saturated carbocycles. The average Bonchev–Trinajstić information content (AvgIpc) is 2.83. The van der Waals surface area contributed by atoms with E-state index in [-0.39, 0.29) is 5.41 Å². The zero-order chi connectivity index (χ0) is 14.3. The zero-order valence-electron chi connectivity index (χ0n) is 11.8. The molecule has 0 saturated heterocycles. The van der Waals surface area contributed by atoms with E-state index in [1.165, 1.54) is 0 Å². The average molecular weight is 286 g/mol. The van der Waals surface area contributed by atoms with Gasteiger partial charge in [0.2, 0.25) is 5.89 Å². The Morgan fingerprint density at radius 1 is 1.05 bits per heavy atom. The number of hydrogen-bond acceptors (Lipinski definition) is 2. The monoisotopic (exact) mass is 285 g/mol. The summed E-state index contributed by atoms with van der Waals surface area (Å²) in [4.78, 5) is 4.57. The first-order valence-electron chi connectivity index (χ1n) is 6.61. The van der Waals surface area contributed by atoms with Gasteiger partial charge in [0, 0.05) is 5.56 Å². The van der Waals surface area contributed by atoms with Gasteiger partial charge in [-0.1, -0.05) is 50.6 Å². The highest BCUT2D eigenvalue weighted by Gasteiger charge is 2.18. The van der Waals surface area contributed by atoms with Crippen molar-refractivity contribution in [2.45, 2.75) is 26.2 Å². The first-order valence-corrected chi connectivity index (χ1v) is 6.99. The van der Waals surface area contributed by atoms with Gasteiger partial charge >= 0.3 is 0 Å². The van der Waals surface area contributed by atoms with Crippen LogP contribution in [0.3, 0.4) is 0 Å². The number of oxazole rings is 1. The fraction of sp³-hybridized carbons (Fsp3) is 0.235. The van der Waals surface area contributed by atoms with Crippen molar-refractivity contribution >= 4 is 22.7 Å². The second kappa shape index (κ2) is 4.64. The van der Waals surface area contributed by atoms with Crippen molar-refractivity contribution in [3.63, 3.8) is 0 Å². The Morgan fingerprint density at radius 2 is 1.75 bits per heavy atom. The Kier molecular flexibility index (Phi) is 3.06. The Bertz CT molecular complexity index is 754. The molecule has 0 aliphatic heterocycles. The lowest BCUT2D eigenvalue weighted by molar-refractivity contribution is 0.590. The molecule has 0 unspecified atom stereocenters. The lowest BCUT2D eigenvalue weighted by atomic mass is 9.87. The predicted molar refractivity (Wildman–Crippen MR) is 83.2 cm³/mol. The Balaban J connectivity index is 2.19. The van der Waals surface area contributed by atoms with E-state index in [0.29, 0.717) is 16.5 Å². The van der Waals surface area contributed by atoms with Crippen LogP contribution in [-0.4, -0.2) is 4.98 Å². The van der Waals surface area contributed by atoms with E-state index in [2.05, 4.69) is 31.8 Å². The summed E-state index contributed by atoms with van der Waals surface area (Å²) in [5.74, 6) is 0.605. The minimum atomic E-state index is 0.0314. The topological polar surface area (TPSA) is 26.0 Å². The molecule has 0 amide bonds. The van der Waals surface area contributed by atoms with E-state index < -0.39 is 0 Å². The third-order valence-electron chi connectivity index (χ3n) is 3.33. The van der Waals surface area contributed by atoms with E-state index in [1.54, 1.807) is 0 Å². The third kappa shape index (κ3) is 2.32. The fourth-order valence-electron chi connectivity index (χ4n) is 2.13. The van der Waals surface area contributed by atoms with Crippen molar-refractivity contribution in [2.75, 3.05) is 0 Å². The van der Waals surface area contributed by atoms with Gasteiger partial charge in [-0.3, -0.25) is 0 Å². The molecule has 2 nitrogen and oxygen atoms in total. The van der Waals surface area contributed by atoms with E-state index >= 15 is 0 Å². The molecule has 102 valence electrons. The quantitative estimate of drug-likeness (QED) is 0.594. The summed E-state index contributed by atoms with van der Waals surface area (Å²) in [6, 6.07) is 13.9. The van der Waals surface area contributed by atoms with Gasteiger partial charge in [0.1, 0.15) is 5.52 Å². The number of halogens is 1. The normalized spacial score (nSPS) is 12.0. The van der Waals surface area contributed by atoms with Crippen molar-refractivity contribution < 1.29 is 4.42 Å². The van der Waals surface area contributed by atoms with Crippen LogP contribution in [0, 0.1) is 0 Å². The summed E-state index contributed by atoms with van der Waals surface area (Å²) in [6.07, 6.45) is 0. The van der Waals surface area contributed by atoms with Crippen LogP contribution in [0.15, 0.2) is 46.9 Å². The molecule has 20 heavy (non-hydrogen) atoms. The maximum absolute atomic E-state index is 6.34. The van der Waals surface area contributed by atoms with Crippen LogP contribution < -0.4 is 0 Å². The molecule has 3 heteroatoms. The van der Waals surface area contributed by atoms with Crippen LogP contribution in [0.4, 0.5) is 0 Å². The van der Waals surface area contributed by atoms with Gasteiger partial charge in [-0.25, -0.2) is 4.98 Å². The Hall–Kier alpha value is -1.80. The van der Waals surface area contributed by atoms with Gasteiger partial charge in [-0.05, 0) is 35.2 Å². The van der Waals surface area contributed by atoms with Crippen LogP contribution in [0.1, 0.15) is 26.3 Å². The second-order valence-corrected chi connectivity index (χ2v) is 6.35. The standard InChI is InChI=1S/C17H16ClNO/c1-17(2,3)12-9-13(18)15-14(10-12)19-16(20-15)11-7-5-4-6-8-11/h4-10H,1-3H3. The minimum Gasteiger partial charge on any atom is -0.435 e. The third-order valence-corrected chi connectivity index (χ3v) is 3.61. The molecule has 3 aromatic rings. The van der Waals surface area contributed by atoms with Crippen molar-refractivity contribution in [1.29, 1.82) is 0 Å². The Morgan fingerprint density at radius 3 is 2.40 bits per heavy atom. The molecule has 0 fully saturated rings. The fourth-order valence-corrected chi connectivity index (χ4v) is 2.38. The van der Waals surface area contributed by atoms with Crippen LogP contribution in [0.2, 0.25) is 5.02 Å². The number of aromatic nitrogens is 1. The highest BCUT2D eigenvalue weighted by molar-refractivity contribution is 6.34. The molecule has 1 heterocycles. The summed E-state index contributed by atoms with van der Waals surface area (Å²) in [5.41, 5.74) is 3.60. The lowest BCUT2D eigenvalue weighted by Crippen LogP contribution is -2.10. The van der Waals surface area contributed by atoms with Gasteiger partial charge < -0.3 is 4.42 Å². The molecule has 0 N–H and O–H groups in total. The van der Waals surface area contributed by atoms with Crippen LogP contribution in [0.25, 0.3) is 22.6 Å². The number of hydrogen-bond donors (Lipinski definition) is 0. The van der Waals surface area contributed by atoms with Crippen molar-refractivity contribution in [2.24, 2.45) is 0 Å². The zero-order valence-corrected chi connectivity index (χ0v) is 12.5. The molecule has 0 radical (unpaired) electrons. The number of fused-ring (bicyclic) bond motifs is 1. The van der Waals surface area contributed by atoms with Gasteiger partial charge in [0.25, 0.3) is 0 Å². The number of rotatable bonds is 1. The van der Waals surface area contributed by atoms with Gasteiger partial charge in [0.15, 0.2) is 5.58 Å². The SMILES string of the molecule is CC(C)(C)c1cc(Cl)c2oc(-c3ccccc3)nc2c1. The van der Waals surface area contributed by atoms with Crippen LogP contribution in [-0.2, 0) is 5.41 Å². The second-order valence-electron chi connectivity index (χ2n) is 5.94. The number of nitrogens with zero attached hydrogens (tertiary/aromatic N) is 1. The molecule has 0 bridgehead atoms. The molecule has 2 aromatic carbocycles. The smallest absolute Gasteiger partial charge is 0.227 e. The van der Waals surface area contributed by atoms with Crippen molar-refractivity contribution in [1.82, 2.24) is 4.98 Å².